The van der Waals surface area contributed by atoms with Crippen molar-refractivity contribution in [2.45, 2.75) is 23.7 Å². The molecule has 1 fully saturated rings. The first-order chi connectivity index (χ1) is 9.41. The second kappa shape index (κ2) is 6.19. The first kappa shape index (κ1) is 15.4. The van der Waals surface area contributed by atoms with E-state index in [-0.39, 0.29) is 18.0 Å². The molecule has 1 saturated heterocycles. The zero-order chi connectivity index (χ0) is 14.8. The first-order valence-electron chi connectivity index (χ1n) is 5.97. The summed E-state index contributed by atoms with van der Waals surface area (Å²) in [5, 5.41) is 0. The second-order valence-corrected chi connectivity index (χ2v) is 5.17. The Labute approximate surface area is 117 Å². The quantitative estimate of drug-likeness (QED) is 0.801. The molecule has 0 aliphatic carbocycles. The summed E-state index contributed by atoms with van der Waals surface area (Å²) in [6.45, 7) is 1.17. The Morgan fingerprint density at radius 1 is 1.45 bits per heavy atom. The summed E-state index contributed by atoms with van der Waals surface area (Å²) in [5.74, 6) is 0. The molecule has 1 aliphatic heterocycles. The molecule has 1 aromatic heterocycles. The highest BCUT2D eigenvalue weighted by Crippen LogP contribution is 2.30. The Kier molecular flexibility index (Phi) is 4.77. The molecular formula is C12H14F3NO3S. The zero-order valence-electron chi connectivity index (χ0n) is 10.8. The number of alkyl halides is 3. The third-order valence-electron chi connectivity index (χ3n) is 2.89. The van der Waals surface area contributed by atoms with Crippen LogP contribution in [0.5, 0.6) is 0 Å². The molecule has 1 unspecified atom stereocenters. The maximum Gasteiger partial charge on any atom is 0.417 e. The van der Waals surface area contributed by atoms with Gasteiger partial charge in [-0.1, -0.05) is 0 Å². The Morgan fingerprint density at radius 3 is 2.75 bits per heavy atom. The number of pyridine rings is 1. The van der Waals surface area contributed by atoms with Crippen LogP contribution in [-0.4, -0.2) is 36.7 Å². The fourth-order valence-electron chi connectivity index (χ4n) is 1.91. The molecule has 8 heteroatoms. The van der Waals surface area contributed by atoms with Crippen LogP contribution in [0.2, 0.25) is 0 Å². The minimum Gasteiger partial charge on any atom is -0.376 e. The summed E-state index contributed by atoms with van der Waals surface area (Å²) < 4.78 is 50.0. The van der Waals surface area contributed by atoms with Gasteiger partial charge in [0.05, 0.1) is 42.9 Å². The van der Waals surface area contributed by atoms with Gasteiger partial charge in [0.1, 0.15) is 0 Å². The van der Waals surface area contributed by atoms with Crippen molar-refractivity contribution in [1.82, 2.24) is 4.57 Å². The normalized spacial score (nSPS) is 20.1. The Morgan fingerprint density at radius 2 is 2.20 bits per heavy atom. The molecular weight excluding hydrogens is 295 g/mol. The molecule has 0 aromatic carbocycles. The summed E-state index contributed by atoms with van der Waals surface area (Å²) >= 11 is 0.996. The molecule has 0 spiro atoms. The lowest BCUT2D eigenvalue weighted by Gasteiger charge is -2.24. The van der Waals surface area contributed by atoms with Crippen LogP contribution in [0.3, 0.4) is 0 Å². The van der Waals surface area contributed by atoms with E-state index in [9.17, 15) is 18.0 Å². The number of halogens is 3. The van der Waals surface area contributed by atoms with Crippen LogP contribution in [0, 0.1) is 0 Å². The van der Waals surface area contributed by atoms with Gasteiger partial charge in [-0.05, 0) is 12.3 Å². The average Bonchev–Trinajstić information content (AvgIpc) is 2.41. The van der Waals surface area contributed by atoms with E-state index in [0.29, 0.717) is 13.2 Å². The van der Waals surface area contributed by atoms with Gasteiger partial charge in [-0.15, -0.1) is 11.8 Å². The fraction of sp³-hybridized carbons (Fsp3) is 0.583. The number of nitrogens with zero attached hydrogens (tertiary/aromatic N) is 1. The number of hydrogen-bond acceptors (Lipinski definition) is 4. The minimum atomic E-state index is -4.48. The van der Waals surface area contributed by atoms with Crippen LogP contribution < -0.4 is 5.56 Å². The third kappa shape index (κ3) is 3.56. The van der Waals surface area contributed by atoms with Crippen molar-refractivity contribution in [2.24, 2.45) is 0 Å². The van der Waals surface area contributed by atoms with Crippen LogP contribution in [0.4, 0.5) is 13.2 Å². The van der Waals surface area contributed by atoms with Crippen molar-refractivity contribution in [3.05, 3.63) is 28.2 Å². The zero-order valence-corrected chi connectivity index (χ0v) is 11.6. The van der Waals surface area contributed by atoms with E-state index in [4.69, 9.17) is 9.47 Å². The Hall–Kier alpha value is -0.990. The lowest BCUT2D eigenvalue weighted by atomic mass is 10.2. The van der Waals surface area contributed by atoms with Crippen molar-refractivity contribution >= 4 is 11.8 Å². The third-order valence-corrected chi connectivity index (χ3v) is 3.62. The van der Waals surface area contributed by atoms with Crippen LogP contribution in [0.1, 0.15) is 5.56 Å². The van der Waals surface area contributed by atoms with E-state index < -0.39 is 23.4 Å². The molecule has 1 atom stereocenters. The van der Waals surface area contributed by atoms with Crippen molar-refractivity contribution in [2.75, 3.05) is 26.1 Å². The average molecular weight is 309 g/mol. The maximum atomic E-state index is 12.8. The van der Waals surface area contributed by atoms with E-state index in [1.807, 2.05) is 0 Å². The summed E-state index contributed by atoms with van der Waals surface area (Å²) in [6.07, 6.45) is -2.48. The van der Waals surface area contributed by atoms with Gasteiger partial charge >= 0.3 is 6.18 Å². The standard InChI is InChI=1S/C12H14F3NO3S/c1-20-10-4-8(12(13,14)15)5-16(11(10)17)6-9-7-18-2-3-19-9/h4-5,9H,2-3,6-7H2,1H3. The molecule has 20 heavy (non-hydrogen) atoms. The van der Waals surface area contributed by atoms with Crippen molar-refractivity contribution in [1.29, 1.82) is 0 Å². The number of thioether (sulfide) groups is 1. The van der Waals surface area contributed by atoms with E-state index in [1.165, 1.54) is 0 Å². The van der Waals surface area contributed by atoms with E-state index in [2.05, 4.69) is 0 Å². The minimum absolute atomic E-state index is 0.0519. The highest BCUT2D eigenvalue weighted by molar-refractivity contribution is 7.98. The van der Waals surface area contributed by atoms with Crippen molar-refractivity contribution < 1.29 is 22.6 Å². The van der Waals surface area contributed by atoms with Crippen molar-refractivity contribution in [3.8, 4) is 0 Å². The highest BCUT2D eigenvalue weighted by Gasteiger charge is 2.32. The van der Waals surface area contributed by atoms with Gasteiger partial charge in [0.2, 0.25) is 0 Å². The summed E-state index contributed by atoms with van der Waals surface area (Å²) in [4.78, 5) is 12.1. The summed E-state index contributed by atoms with van der Waals surface area (Å²) in [6, 6.07) is 0.877. The van der Waals surface area contributed by atoms with Gasteiger partial charge < -0.3 is 14.0 Å². The Balaban J connectivity index is 2.32. The molecule has 0 N–H and O–H groups in total. The number of aromatic nitrogens is 1. The van der Waals surface area contributed by atoms with E-state index in [0.717, 1.165) is 28.6 Å². The van der Waals surface area contributed by atoms with E-state index in [1.54, 1.807) is 6.26 Å². The molecule has 4 nitrogen and oxygen atoms in total. The topological polar surface area (TPSA) is 40.5 Å². The van der Waals surface area contributed by atoms with Crippen LogP contribution in [-0.2, 0) is 22.2 Å². The Bertz CT molecular complexity index is 524. The van der Waals surface area contributed by atoms with Crippen LogP contribution >= 0.6 is 11.8 Å². The predicted molar refractivity (Wildman–Crippen MR) is 68.0 cm³/mol. The van der Waals surface area contributed by atoms with Gasteiger partial charge in [-0.2, -0.15) is 13.2 Å². The van der Waals surface area contributed by atoms with Gasteiger partial charge in [0.15, 0.2) is 0 Å². The van der Waals surface area contributed by atoms with E-state index >= 15 is 0 Å². The van der Waals surface area contributed by atoms with Gasteiger partial charge in [-0.3, -0.25) is 4.79 Å². The van der Waals surface area contributed by atoms with Crippen LogP contribution in [0.25, 0.3) is 0 Å². The SMILES string of the molecule is CSc1cc(C(F)(F)F)cn(CC2COCCO2)c1=O. The molecule has 112 valence electrons. The molecule has 0 radical (unpaired) electrons. The lowest BCUT2D eigenvalue weighted by molar-refractivity contribution is -0.138. The predicted octanol–water partition coefficient (Wildman–Crippen LogP) is 2.00. The van der Waals surface area contributed by atoms with Gasteiger partial charge in [0, 0.05) is 6.20 Å². The molecule has 2 rings (SSSR count). The molecule has 1 aromatic rings. The molecule has 0 amide bonds. The highest BCUT2D eigenvalue weighted by atomic mass is 32.2. The number of rotatable bonds is 3. The summed E-state index contributed by atoms with van der Waals surface area (Å²) in [7, 11) is 0. The van der Waals surface area contributed by atoms with Gasteiger partial charge in [-0.25, -0.2) is 0 Å². The monoisotopic (exact) mass is 309 g/mol. The molecule has 1 aliphatic rings. The second-order valence-electron chi connectivity index (χ2n) is 4.32. The maximum absolute atomic E-state index is 12.8. The summed E-state index contributed by atoms with van der Waals surface area (Å²) in [5.41, 5.74) is -1.28. The van der Waals surface area contributed by atoms with Crippen molar-refractivity contribution in [3.63, 3.8) is 0 Å². The number of hydrogen-bond donors (Lipinski definition) is 0. The van der Waals surface area contributed by atoms with Gasteiger partial charge in [0.25, 0.3) is 5.56 Å². The lowest BCUT2D eigenvalue weighted by Crippen LogP contribution is -2.36. The number of ether oxygens (including phenoxy) is 2. The van der Waals surface area contributed by atoms with Crippen LogP contribution in [0.15, 0.2) is 22.0 Å². The molecule has 0 saturated carbocycles. The largest absolute Gasteiger partial charge is 0.417 e. The first-order valence-corrected chi connectivity index (χ1v) is 7.19. The molecule has 0 bridgehead atoms. The smallest absolute Gasteiger partial charge is 0.376 e. The fourth-order valence-corrected chi connectivity index (χ4v) is 2.44. The molecule has 2 heterocycles.